The molecule has 0 spiro atoms. The summed E-state index contributed by atoms with van der Waals surface area (Å²) in [4.78, 5) is 54.1. The Hall–Kier alpha value is -3.94. The minimum Gasteiger partial charge on any atom is -0.469 e. The van der Waals surface area contributed by atoms with E-state index >= 15 is 0 Å². The van der Waals surface area contributed by atoms with Crippen LogP contribution >= 0.6 is 0 Å². The number of nitrogens with two attached hydrogens (primary N) is 2. The molecule has 1 aliphatic heterocycles. The van der Waals surface area contributed by atoms with Crippen LogP contribution in [0.2, 0.25) is 0 Å². The Morgan fingerprint density at radius 1 is 1.11 bits per heavy atom. The average Bonchev–Trinajstić information content (AvgIpc) is 2.93. The number of anilines is 3. The third-order valence-corrected chi connectivity index (χ3v) is 6.30. The molecule has 0 atom stereocenters. The van der Waals surface area contributed by atoms with E-state index in [1.54, 1.807) is 35.5 Å². The predicted octanol–water partition coefficient (Wildman–Crippen LogP) is 1.58. The number of ether oxygens (including phenoxy) is 1. The van der Waals surface area contributed by atoms with Crippen LogP contribution in [0.15, 0.2) is 30.5 Å². The first-order valence-corrected chi connectivity index (χ1v) is 12.4. The van der Waals surface area contributed by atoms with Gasteiger partial charge in [-0.1, -0.05) is 0 Å². The summed E-state index contributed by atoms with van der Waals surface area (Å²) in [6, 6.07) is 7.13. The number of carbonyl (C=O) groups is 2. The smallest absolute Gasteiger partial charge is 0.308 e. The number of benzene rings is 1. The summed E-state index contributed by atoms with van der Waals surface area (Å²) < 4.78 is 4.83. The van der Waals surface area contributed by atoms with E-state index in [0.717, 1.165) is 0 Å². The number of hydrogen-bond donors (Lipinski definition) is 2. The Balaban J connectivity index is 1.37. The SMILES string of the molecule is CCOON(CCc1cnc2nc(N)nc(N)c2n1)c1ccc(C(=O)CN2CCC(C(=O)OC)CC2)cc1. The van der Waals surface area contributed by atoms with E-state index in [0.29, 0.717) is 80.2 Å². The zero-order valence-electron chi connectivity index (χ0n) is 21.5. The normalized spacial score (nSPS) is 14.5. The summed E-state index contributed by atoms with van der Waals surface area (Å²) in [6.45, 7) is 4.22. The number of rotatable bonds is 11. The Kier molecular flexibility index (Phi) is 8.94. The van der Waals surface area contributed by atoms with Crippen LogP contribution in [0.3, 0.4) is 0 Å². The van der Waals surface area contributed by atoms with E-state index in [1.807, 2.05) is 6.92 Å². The van der Waals surface area contributed by atoms with Crippen molar-refractivity contribution >= 4 is 40.4 Å². The maximum absolute atomic E-state index is 12.9. The van der Waals surface area contributed by atoms with Crippen molar-refractivity contribution in [3.8, 4) is 0 Å². The van der Waals surface area contributed by atoms with E-state index in [2.05, 4.69) is 24.8 Å². The number of fused-ring (bicyclic) bond motifs is 1. The molecule has 0 radical (unpaired) electrons. The van der Waals surface area contributed by atoms with E-state index in [1.165, 1.54) is 7.11 Å². The first-order valence-electron chi connectivity index (χ1n) is 12.4. The molecule has 202 valence electrons. The average molecular weight is 525 g/mol. The van der Waals surface area contributed by atoms with Crippen molar-refractivity contribution in [2.24, 2.45) is 5.92 Å². The molecule has 38 heavy (non-hydrogen) atoms. The van der Waals surface area contributed by atoms with Crippen LogP contribution in [0.25, 0.3) is 11.2 Å². The molecule has 2 aromatic heterocycles. The summed E-state index contributed by atoms with van der Waals surface area (Å²) in [5.41, 5.74) is 14.2. The highest BCUT2D eigenvalue weighted by molar-refractivity contribution is 5.97. The number of nitrogens with zero attached hydrogens (tertiary/aromatic N) is 6. The highest BCUT2D eigenvalue weighted by Gasteiger charge is 2.26. The Morgan fingerprint density at radius 2 is 1.84 bits per heavy atom. The number of aromatic nitrogens is 4. The molecule has 0 bridgehead atoms. The minimum absolute atomic E-state index is 0.0113. The van der Waals surface area contributed by atoms with E-state index in [9.17, 15) is 9.59 Å². The van der Waals surface area contributed by atoms with Gasteiger partial charge in [-0.2, -0.15) is 9.97 Å². The van der Waals surface area contributed by atoms with Crippen molar-refractivity contribution in [2.45, 2.75) is 26.2 Å². The lowest BCUT2D eigenvalue weighted by Crippen LogP contribution is -2.39. The van der Waals surface area contributed by atoms with Crippen molar-refractivity contribution in [2.75, 3.05) is 56.4 Å². The van der Waals surface area contributed by atoms with Crippen LogP contribution < -0.4 is 16.5 Å². The third kappa shape index (κ3) is 6.68. The number of likely N-dealkylation sites (tertiary alicyclic amines) is 1. The van der Waals surface area contributed by atoms with Gasteiger partial charge in [0.1, 0.15) is 0 Å². The van der Waals surface area contributed by atoms with E-state index in [4.69, 9.17) is 26.1 Å². The van der Waals surface area contributed by atoms with Crippen LogP contribution in [0, 0.1) is 5.92 Å². The van der Waals surface area contributed by atoms with Crippen LogP contribution in [-0.2, 0) is 25.8 Å². The molecule has 3 aromatic rings. The fourth-order valence-corrected chi connectivity index (χ4v) is 4.25. The number of methoxy groups -OCH3 is 1. The first kappa shape index (κ1) is 27.1. The standard InChI is InChI=1S/C25H32N8O5/c1-3-37-38-33(13-10-18-14-28-23-21(29-18)22(26)30-25(27)31-23)19-6-4-16(5-7-19)20(34)15-32-11-8-17(9-12-32)24(35)36-2/h4-7,14,17H,3,8-13,15H2,1-2H3,(H4,26,27,28,30,31). The van der Waals surface area contributed by atoms with Crippen molar-refractivity contribution in [1.82, 2.24) is 24.8 Å². The number of hydrogen-bond acceptors (Lipinski definition) is 13. The van der Waals surface area contributed by atoms with E-state index in [-0.39, 0.29) is 29.4 Å². The van der Waals surface area contributed by atoms with Gasteiger partial charge in [-0.25, -0.2) is 19.9 Å². The van der Waals surface area contributed by atoms with Gasteiger partial charge in [0.05, 0.1) is 50.3 Å². The molecular formula is C25H32N8O5. The number of Topliss-reactive ketones (excluding diaryl/α,β-unsaturated/α-hetero) is 1. The summed E-state index contributed by atoms with van der Waals surface area (Å²) in [5, 5.41) is 1.57. The first-order chi connectivity index (χ1) is 18.4. The molecular weight excluding hydrogens is 492 g/mol. The Morgan fingerprint density at radius 3 is 2.53 bits per heavy atom. The molecule has 1 aliphatic rings. The molecule has 1 fully saturated rings. The zero-order valence-corrected chi connectivity index (χ0v) is 21.5. The molecule has 13 nitrogen and oxygen atoms in total. The van der Waals surface area contributed by atoms with Gasteiger partial charge in [0.15, 0.2) is 22.8 Å². The molecule has 3 heterocycles. The fourth-order valence-electron chi connectivity index (χ4n) is 4.25. The Labute approximate surface area is 220 Å². The predicted molar refractivity (Wildman–Crippen MR) is 140 cm³/mol. The van der Waals surface area contributed by atoms with Crippen molar-refractivity contribution < 1.29 is 24.2 Å². The zero-order chi connectivity index (χ0) is 27.1. The van der Waals surface area contributed by atoms with Gasteiger partial charge in [0.2, 0.25) is 5.95 Å². The maximum atomic E-state index is 12.9. The second-order valence-electron chi connectivity index (χ2n) is 8.88. The van der Waals surface area contributed by atoms with Crippen LogP contribution in [-0.4, -0.2) is 76.5 Å². The summed E-state index contributed by atoms with van der Waals surface area (Å²) >= 11 is 0. The number of carbonyl (C=O) groups excluding carboxylic acids is 2. The van der Waals surface area contributed by atoms with Gasteiger partial charge in [0, 0.05) is 12.0 Å². The van der Waals surface area contributed by atoms with Crippen molar-refractivity contribution in [3.63, 3.8) is 0 Å². The van der Waals surface area contributed by atoms with E-state index < -0.39 is 0 Å². The fraction of sp³-hybridized carbons (Fsp3) is 0.440. The number of esters is 1. The van der Waals surface area contributed by atoms with Crippen LogP contribution in [0.1, 0.15) is 35.8 Å². The number of hydroxylamine groups is 1. The highest BCUT2D eigenvalue weighted by atomic mass is 17.3. The van der Waals surface area contributed by atoms with Crippen LogP contribution in [0.4, 0.5) is 17.5 Å². The van der Waals surface area contributed by atoms with Crippen molar-refractivity contribution in [1.29, 1.82) is 0 Å². The largest absolute Gasteiger partial charge is 0.469 e. The second kappa shape index (κ2) is 12.5. The molecule has 0 unspecified atom stereocenters. The molecule has 0 aliphatic carbocycles. The molecule has 1 aromatic carbocycles. The minimum atomic E-state index is -0.179. The quantitative estimate of drug-likeness (QED) is 0.160. The molecule has 4 rings (SSSR count). The summed E-state index contributed by atoms with van der Waals surface area (Å²) in [6.07, 6.45) is 3.45. The molecule has 1 saturated heterocycles. The third-order valence-electron chi connectivity index (χ3n) is 6.30. The number of piperidine rings is 1. The van der Waals surface area contributed by atoms with Crippen LogP contribution in [0.5, 0.6) is 0 Å². The van der Waals surface area contributed by atoms with Gasteiger partial charge >= 0.3 is 5.97 Å². The summed E-state index contributed by atoms with van der Waals surface area (Å²) in [5.74, 6) is -0.0543. The molecule has 4 N–H and O–H groups in total. The topological polar surface area (TPSA) is 172 Å². The summed E-state index contributed by atoms with van der Waals surface area (Å²) in [7, 11) is 1.41. The lowest BCUT2D eigenvalue weighted by Gasteiger charge is -2.30. The van der Waals surface area contributed by atoms with Gasteiger partial charge in [-0.05, 0) is 57.1 Å². The van der Waals surface area contributed by atoms with Gasteiger partial charge in [0.25, 0.3) is 0 Å². The Bertz CT molecular complexity index is 1260. The molecule has 0 saturated carbocycles. The molecule has 0 amide bonds. The lowest BCUT2D eigenvalue weighted by molar-refractivity contribution is -0.300. The number of ketones is 1. The molecule has 13 heteroatoms. The van der Waals surface area contributed by atoms with Gasteiger partial charge in [-0.15, -0.1) is 4.99 Å². The van der Waals surface area contributed by atoms with Gasteiger partial charge in [-0.3, -0.25) is 14.5 Å². The monoisotopic (exact) mass is 524 g/mol. The maximum Gasteiger partial charge on any atom is 0.308 e. The van der Waals surface area contributed by atoms with Gasteiger partial charge < -0.3 is 16.2 Å². The lowest BCUT2D eigenvalue weighted by atomic mass is 9.96. The number of nitrogen functional groups attached to an aromatic ring is 2. The second-order valence-corrected chi connectivity index (χ2v) is 8.88. The van der Waals surface area contributed by atoms with Crippen molar-refractivity contribution in [3.05, 3.63) is 41.7 Å². The highest BCUT2D eigenvalue weighted by Crippen LogP contribution is 2.21.